The van der Waals surface area contributed by atoms with E-state index in [1.807, 2.05) is 6.92 Å². The molecule has 0 unspecified atom stereocenters. The Morgan fingerprint density at radius 3 is 2.45 bits per heavy atom. The quantitative estimate of drug-likeness (QED) is 0.608. The molecule has 0 spiro atoms. The standard InChI is InChI=1S/C22H26Cl2F2N4O3/c1-21(2,3)33-20(32)28-22(4)8-10-29(11-9-22)15-12-16(31)30(19(27-15)18(25)26)14-7-5-6-13(23)17(14)24/h5-7,12,18H,8-11H2,1-4H3,(H,28,32). The number of alkyl halides is 2. The van der Waals surface area contributed by atoms with Crippen LogP contribution in [0.4, 0.5) is 19.4 Å². The van der Waals surface area contributed by atoms with E-state index in [1.54, 1.807) is 25.7 Å². The molecule has 0 saturated carbocycles. The number of carbonyl (C=O) groups excluding carboxylic acids is 1. The maximum Gasteiger partial charge on any atom is 0.408 e. The van der Waals surface area contributed by atoms with Crippen LogP contribution < -0.4 is 15.8 Å². The summed E-state index contributed by atoms with van der Waals surface area (Å²) in [7, 11) is 0. The molecule has 1 aliphatic rings. The second-order valence-electron chi connectivity index (χ2n) is 9.19. The number of rotatable bonds is 4. The van der Waals surface area contributed by atoms with Gasteiger partial charge in [0.25, 0.3) is 12.0 Å². The molecule has 0 aliphatic carbocycles. The Morgan fingerprint density at radius 2 is 1.88 bits per heavy atom. The number of nitrogens with one attached hydrogen (secondary N) is 1. The van der Waals surface area contributed by atoms with Crippen molar-refractivity contribution in [2.24, 2.45) is 0 Å². The largest absolute Gasteiger partial charge is 0.444 e. The summed E-state index contributed by atoms with van der Waals surface area (Å²) in [5.74, 6) is -0.578. The number of anilines is 1. The van der Waals surface area contributed by atoms with Gasteiger partial charge in [-0.15, -0.1) is 0 Å². The van der Waals surface area contributed by atoms with Crippen molar-refractivity contribution in [3.8, 4) is 5.69 Å². The topological polar surface area (TPSA) is 76.5 Å². The molecule has 7 nitrogen and oxygen atoms in total. The molecule has 2 heterocycles. The predicted octanol–water partition coefficient (Wildman–Crippen LogP) is 5.36. The van der Waals surface area contributed by atoms with Gasteiger partial charge in [-0.25, -0.2) is 18.6 Å². The molecule has 1 aromatic heterocycles. The van der Waals surface area contributed by atoms with Gasteiger partial charge in [-0.2, -0.15) is 0 Å². The lowest BCUT2D eigenvalue weighted by Crippen LogP contribution is -2.54. The first-order valence-electron chi connectivity index (χ1n) is 10.4. The average Bonchev–Trinajstić information content (AvgIpc) is 2.68. The third kappa shape index (κ3) is 5.95. The van der Waals surface area contributed by atoms with Crippen molar-refractivity contribution in [3.63, 3.8) is 0 Å². The number of halogens is 4. The van der Waals surface area contributed by atoms with Gasteiger partial charge in [0.2, 0.25) is 0 Å². The fourth-order valence-corrected chi connectivity index (χ4v) is 3.99. The van der Waals surface area contributed by atoms with Crippen LogP contribution in [0.25, 0.3) is 5.69 Å². The predicted molar refractivity (Wildman–Crippen MR) is 124 cm³/mol. The SMILES string of the molecule is CC1(NC(=O)OC(C)(C)C)CCN(c2cc(=O)n(-c3cccc(Cl)c3Cl)c(C(F)F)n2)CC1. The highest BCUT2D eigenvalue weighted by molar-refractivity contribution is 6.43. The molecule has 1 N–H and O–H groups in total. The highest BCUT2D eigenvalue weighted by atomic mass is 35.5. The van der Waals surface area contributed by atoms with Crippen molar-refractivity contribution in [2.75, 3.05) is 18.0 Å². The zero-order valence-electron chi connectivity index (χ0n) is 18.8. The summed E-state index contributed by atoms with van der Waals surface area (Å²) in [6.45, 7) is 8.05. The second-order valence-corrected chi connectivity index (χ2v) is 9.98. The van der Waals surface area contributed by atoms with Crippen LogP contribution in [0, 0.1) is 0 Å². The van der Waals surface area contributed by atoms with Crippen molar-refractivity contribution >= 4 is 35.1 Å². The summed E-state index contributed by atoms with van der Waals surface area (Å²) in [6.07, 6.45) is -2.50. The molecule has 0 atom stereocenters. The van der Waals surface area contributed by atoms with Crippen LogP contribution in [0.1, 0.15) is 52.8 Å². The van der Waals surface area contributed by atoms with Crippen LogP contribution in [0.3, 0.4) is 0 Å². The average molecular weight is 503 g/mol. The van der Waals surface area contributed by atoms with Crippen molar-refractivity contribution in [3.05, 3.63) is 50.5 Å². The summed E-state index contributed by atoms with van der Waals surface area (Å²) in [6, 6.07) is 5.64. The molecular formula is C22H26Cl2F2N4O3. The first kappa shape index (κ1) is 25.2. The van der Waals surface area contributed by atoms with Crippen molar-refractivity contribution < 1.29 is 18.3 Å². The maximum absolute atomic E-state index is 13.9. The van der Waals surface area contributed by atoms with Crippen LogP contribution in [0.15, 0.2) is 29.1 Å². The first-order valence-corrected chi connectivity index (χ1v) is 11.2. The van der Waals surface area contributed by atoms with Crippen LogP contribution in [-0.4, -0.2) is 39.9 Å². The molecule has 1 aromatic carbocycles. The van der Waals surface area contributed by atoms with Gasteiger partial charge in [-0.1, -0.05) is 29.3 Å². The molecule has 0 radical (unpaired) electrons. The molecular weight excluding hydrogens is 477 g/mol. The fourth-order valence-electron chi connectivity index (χ4n) is 3.61. The van der Waals surface area contributed by atoms with Crippen molar-refractivity contribution in [1.29, 1.82) is 0 Å². The molecule has 1 fully saturated rings. The van der Waals surface area contributed by atoms with Crippen molar-refractivity contribution in [2.45, 2.75) is 58.1 Å². The number of nitrogens with zero attached hydrogens (tertiary/aromatic N) is 3. The Hall–Kier alpha value is -2.39. The van der Waals surface area contributed by atoms with Crippen LogP contribution >= 0.6 is 23.2 Å². The Balaban J connectivity index is 1.84. The van der Waals surface area contributed by atoms with Gasteiger partial charge in [0, 0.05) is 24.7 Å². The Kier molecular flexibility index (Phi) is 7.24. The number of carbonyl (C=O) groups is 1. The number of ether oxygens (including phenoxy) is 1. The first-order chi connectivity index (χ1) is 15.3. The lowest BCUT2D eigenvalue weighted by atomic mass is 9.90. The molecule has 33 heavy (non-hydrogen) atoms. The normalized spacial score (nSPS) is 16.1. The smallest absolute Gasteiger partial charge is 0.408 e. The van der Waals surface area contributed by atoms with Gasteiger partial charge in [-0.05, 0) is 52.7 Å². The van der Waals surface area contributed by atoms with E-state index < -0.39 is 35.0 Å². The highest BCUT2D eigenvalue weighted by Crippen LogP contribution is 2.31. The van der Waals surface area contributed by atoms with Gasteiger partial charge in [0.05, 0.1) is 15.7 Å². The summed E-state index contributed by atoms with van der Waals surface area (Å²) in [4.78, 5) is 30.9. The minimum absolute atomic E-state index is 0.0142. The zero-order valence-corrected chi connectivity index (χ0v) is 20.3. The molecule has 0 bridgehead atoms. The lowest BCUT2D eigenvalue weighted by molar-refractivity contribution is 0.0448. The molecule has 1 aliphatic heterocycles. The lowest BCUT2D eigenvalue weighted by Gasteiger charge is -2.40. The monoisotopic (exact) mass is 502 g/mol. The third-order valence-electron chi connectivity index (χ3n) is 5.29. The Labute approximate surface area is 200 Å². The molecule has 3 rings (SSSR count). The molecule has 11 heteroatoms. The van der Waals surface area contributed by atoms with Crippen LogP contribution in [-0.2, 0) is 4.74 Å². The van der Waals surface area contributed by atoms with Crippen LogP contribution in [0.2, 0.25) is 10.0 Å². The summed E-state index contributed by atoms with van der Waals surface area (Å²) < 4.78 is 33.9. The van der Waals surface area contributed by atoms with E-state index in [9.17, 15) is 18.4 Å². The number of benzene rings is 1. The number of piperidine rings is 1. The van der Waals surface area contributed by atoms with E-state index in [1.165, 1.54) is 24.3 Å². The van der Waals surface area contributed by atoms with Gasteiger partial charge in [-0.3, -0.25) is 9.36 Å². The van der Waals surface area contributed by atoms with E-state index in [4.69, 9.17) is 27.9 Å². The summed E-state index contributed by atoms with van der Waals surface area (Å²) in [5, 5.41) is 3.01. The Bertz CT molecular complexity index is 1090. The second kappa shape index (κ2) is 9.46. The maximum atomic E-state index is 13.9. The molecule has 1 saturated heterocycles. The number of hydrogen-bond acceptors (Lipinski definition) is 5. The van der Waals surface area contributed by atoms with Gasteiger partial charge in [0.1, 0.15) is 11.4 Å². The highest BCUT2D eigenvalue weighted by Gasteiger charge is 2.34. The number of aromatic nitrogens is 2. The van der Waals surface area contributed by atoms with E-state index in [-0.39, 0.29) is 21.6 Å². The van der Waals surface area contributed by atoms with E-state index in [2.05, 4.69) is 10.3 Å². The fraction of sp³-hybridized carbons (Fsp3) is 0.500. The van der Waals surface area contributed by atoms with Gasteiger partial charge in [0.15, 0.2) is 5.82 Å². The third-order valence-corrected chi connectivity index (χ3v) is 6.10. The molecule has 1 amide bonds. The van der Waals surface area contributed by atoms with Crippen LogP contribution in [0.5, 0.6) is 0 Å². The number of amides is 1. The minimum Gasteiger partial charge on any atom is -0.444 e. The van der Waals surface area contributed by atoms with E-state index in [0.717, 1.165) is 4.57 Å². The van der Waals surface area contributed by atoms with E-state index >= 15 is 0 Å². The zero-order chi connectivity index (χ0) is 24.6. The van der Waals surface area contributed by atoms with Gasteiger partial charge >= 0.3 is 6.09 Å². The van der Waals surface area contributed by atoms with Gasteiger partial charge < -0.3 is 15.0 Å². The number of alkyl carbamates (subject to hydrolysis) is 1. The molecule has 2 aromatic rings. The summed E-state index contributed by atoms with van der Waals surface area (Å²) >= 11 is 12.2. The molecule has 180 valence electrons. The summed E-state index contributed by atoms with van der Waals surface area (Å²) in [5.41, 5.74) is -1.81. The minimum atomic E-state index is -3.02. The van der Waals surface area contributed by atoms with E-state index in [0.29, 0.717) is 25.9 Å². The van der Waals surface area contributed by atoms with Crippen molar-refractivity contribution in [1.82, 2.24) is 14.9 Å². The Morgan fingerprint density at radius 1 is 1.24 bits per heavy atom. The number of hydrogen-bond donors (Lipinski definition) is 1.